The molecule has 0 saturated heterocycles. The number of methoxy groups -OCH3 is 1. The van der Waals surface area contributed by atoms with Crippen molar-refractivity contribution in [1.82, 2.24) is 0 Å². The Morgan fingerprint density at radius 2 is 1.80 bits per heavy atom. The first-order valence-corrected chi connectivity index (χ1v) is 7.77. The predicted molar refractivity (Wildman–Crippen MR) is 97.1 cm³/mol. The van der Waals surface area contributed by atoms with Crippen molar-refractivity contribution in [1.29, 1.82) is 0 Å². The third kappa shape index (κ3) is 3.98. The average molecular weight is 338 g/mol. The highest BCUT2D eigenvalue weighted by Crippen LogP contribution is 2.23. The van der Waals surface area contributed by atoms with E-state index in [1.165, 1.54) is 13.0 Å². The molecule has 128 valence electrons. The molecule has 0 aliphatic heterocycles. The van der Waals surface area contributed by atoms with Crippen LogP contribution in [0.25, 0.3) is 11.0 Å². The van der Waals surface area contributed by atoms with E-state index < -0.39 is 5.63 Å². The van der Waals surface area contributed by atoms with Crippen LogP contribution in [0.15, 0.2) is 57.7 Å². The monoisotopic (exact) mass is 338 g/mol. The van der Waals surface area contributed by atoms with E-state index >= 15 is 0 Å². The molecule has 0 radical (unpaired) electrons. The Morgan fingerprint density at radius 3 is 2.48 bits per heavy atom. The maximum Gasteiger partial charge on any atom is 0.336 e. The summed E-state index contributed by atoms with van der Waals surface area (Å²) in [5.41, 5.74) is 2.32. The van der Waals surface area contributed by atoms with Gasteiger partial charge >= 0.3 is 5.63 Å². The van der Waals surface area contributed by atoms with Crippen molar-refractivity contribution in [2.45, 2.75) is 13.5 Å². The second-order valence-corrected chi connectivity index (χ2v) is 5.56. The summed E-state index contributed by atoms with van der Waals surface area (Å²) in [7, 11) is 1.62. The number of nitrogens with one attached hydrogen (secondary N) is 2. The number of ether oxygens (including phenoxy) is 1. The zero-order chi connectivity index (χ0) is 17.8. The fraction of sp³-hybridized carbons (Fsp3) is 0.158. The lowest BCUT2D eigenvalue weighted by atomic mass is 10.1. The molecule has 0 bridgehead atoms. The number of fused-ring (bicyclic) bond motifs is 1. The number of carbonyl (C=O) groups excluding carboxylic acids is 1. The first-order valence-electron chi connectivity index (χ1n) is 7.77. The van der Waals surface area contributed by atoms with Gasteiger partial charge in [0.2, 0.25) is 5.91 Å². The molecule has 6 nitrogen and oxygen atoms in total. The Labute approximate surface area is 144 Å². The summed E-state index contributed by atoms with van der Waals surface area (Å²) in [6.45, 7) is 1.89. The molecule has 1 aromatic heterocycles. The molecule has 2 aromatic carbocycles. The fourth-order valence-corrected chi connectivity index (χ4v) is 2.56. The molecule has 0 aliphatic rings. The highest BCUT2D eigenvalue weighted by atomic mass is 16.5. The van der Waals surface area contributed by atoms with Gasteiger partial charge in [0.15, 0.2) is 0 Å². The van der Waals surface area contributed by atoms with Gasteiger partial charge < -0.3 is 19.8 Å². The zero-order valence-corrected chi connectivity index (χ0v) is 14.0. The summed E-state index contributed by atoms with van der Waals surface area (Å²) in [4.78, 5) is 23.0. The smallest absolute Gasteiger partial charge is 0.336 e. The number of anilines is 2. The lowest BCUT2D eigenvalue weighted by molar-refractivity contribution is -0.114. The van der Waals surface area contributed by atoms with Gasteiger partial charge in [-0.15, -0.1) is 0 Å². The van der Waals surface area contributed by atoms with Crippen LogP contribution in [-0.2, 0) is 11.3 Å². The molecule has 0 spiro atoms. The van der Waals surface area contributed by atoms with E-state index in [-0.39, 0.29) is 5.91 Å². The Hall–Kier alpha value is -3.28. The summed E-state index contributed by atoms with van der Waals surface area (Å²) in [5, 5.41) is 6.76. The number of amides is 1. The Bertz CT molecular complexity index is 961. The van der Waals surface area contributed by atoms with Gasteiger partial charge in [-0.3, -0.25) is 4.79 Å². The molecular formula is C19H18N2O4. The number of carbonyl (C=O) groups is 1. The van der Waals surface area contributed by atoms with Crippen LogP contribution in [0.5, 0.6) is 5.75 Å². The van der Waals surface area contributed by atoms with Crippen molar-refractivity contribution in [3.8, 4) is 5.75 Å². The lowest BCUT2D eigenvalue weighted by Crippen LogP contribution is -2.08. The zero-order valence-electron chi connectivity index (χ0n) is 14.0. The van der Waals surface area contributed by atoms with Crippen molar-refractivity contribution in [2.24, 2.45) is 0 Å². The molecule has 25 heavy (non-hydrogen) atoms. The molecule has 1 amide bonds. The molecule has 0 unspecified atom stereocenters. The largest absolute Gasteiger partial charge is 0.497 e. The lowest BCUT2D eigenvalue weighted by Gasteiger charge is -2.10. The summed E-state index contributed by atoms with van der Waals surface area (Å²) in [6, 6.07) is 14.3. The number of rotatable bonds is 5. The molecule has 3 aromatic rings. The van der Waals surface area contributed by atoms with E-state index in [1.807, 2.05) is 30.3 Å². The normalized spacial score (nSPS) is 10.5. The van der Waals surface area contributed by atoms with Gasteiger partial charge in [0.05, 0.1) is 7.11 Å². The van der Waals surface area contributed by atoms with E-state index in [9.17, 15) is 9.59 Å². The molecule has 1 heterocycles. The van der Waals surface area contributed by atoms with Crippen LogP contribution in [0.1, 0.15) is 12.5 Å². The van der Waals surface area contributed by atoms with E-state index in [1.54, 1.807) is 19.2 Å². The first-order chi connectivity index (χ1) is 12.0. The second kappa shape index (κ2) is 7.09. The summed E-state index contributed by atoms with van der Waals surface area (Å²) >= 11 is 0. The SMILES string of the molecule is COc1ccc(NCc2cc(=O)oc3cc(NC(C)=O)ccc23)cc1. The van der Waals surface area contributed by atoms with Crippen molar-refractivity contribution < 1.29 is 13.9 Å². The highest BCUT2D eigenvalue weighted by molar-refractivity contribution is 5.92. The van der Waals surface area contributed by atoms with Gasteiger partial charge in [0.25, 0.3) is 0 Å². The second-order valence-electron chi connectivity index (χ2n) is 5.56. The number of hydrogen-bond acceptors (Lipinski definition) is 5. The summed E-state index contributed by atoms with van der Waals surface area (Å²) in [5.74, 6) is 0.598. The number of benzene rings is 2. The van der Waals surface area contributed by atoms with Gasteiger partial charge in [-0.25, -0.2) is 4.79 Å². The minimum absolute atomic E-state index is 0.181. The quantitative estimate of drug-likeness (QED) is 0.697. The molecule has 0 aliphatic carbocycles. The van der Waals surface area contributed by atoms with Crippen molar-refractivity contribution in [3.05, 3.63) is 64.5 Å². The standard InChI is InChI=1S/C19H18N2O4/c1-12(22)21-15-5-8-17-13(9-19(23)25-18(17)10-15)11-20-14-3-6-16(24-2)7-4-14/h3-10,20H,11H2,1-2H3,(H,21,22). The van der Waals surface area contributed by atoms with Crippen LogP contribution >= 0.6 is 0 Å². The first kappa shape index (κ1) is 16.6. The minimum Gasteiger partial charge on any atom is -0.497 e. The van der Waals surface area contributed by atoms with Crippen LogP contribution in [0, 0.1) is 0 Å². The molecule has 6 heteroatoms. The maximum absolute atomic E-state index is 11.8. The van der Waals surface area contributed by atoms with Gasteiger partial charge in [-0.1, -0.05) is 0 Å². The Kier molecular flexibility index (Phi) is 4.70. The van der Waals surface area contributed by atoms with E-state index in [4.69, 9.17) is 9.15 Å². The van der Waals surface area contributed by atoms with Crippen LogP contribution in [0.2, 0.25) is 0 Å². The molecule has 3 rings (SSSR count). The molecule has 2 N–H and O–H groups in total. The van der Waals surface area contributed by atoms with Crippen LogP contribution < -0.4 is 21.0 Å². The van der Waals surface area contributed by atoms with Gasteiger partial charge in [0, 0.05) is 42.4 Å². The summed E-state index contributed by atoms with van der Waals surface area (Å²) < 4.78 is 10.4. The molecule has 0 saturated carbocycles. The third-order valence-corrected chi connectivity index (χ3v) is 3.72. The molecule has 0 atom stereocenters. The van der Waals surface area contributed by atoms with Gasteiger partial charge in [-0.2, -0.15) is 0 Å². The van der Waals surface area contributed by atoms with Crippen LogP contribution in [0.4, 0.5) is 11.4 Å². The Morgan fingerprint density at radius 1 is 1.08 bits per heavy atom. The predicted octanol–water partition coefficient (Wildman–Crippen LogP) is 3.37. The van der Waals surface area contributed by atoms with Crippen LogP contribution in [-0.4, -0.2) is 13.0 Å². The highest BCUT2D eigenvalue weighted by Gasteiger charge is 2.07. The fourth-order valence-electron chi connectivity index (χ4n) is 2.56. The van der Waals surface area contributed by atoms with Gasteiger partial charge in [-0.05, 0) is 42.0 Å². The van der Waals surface area contributed by atoms with E-state index in [0.29, 0.717) is 17.8 Å². The minimum atomic E-state index is -0.431. The van der Waals surface area contributed by atoms with E-state index in [2.05, 4.69) is 10.6 Å². The third-order valence-electron chi connectivity index (χ3n) is 3.72. The topological polar surface area (TPSA) is 80.6 Å². The average Bonchev–Trinajstić information content (AvgIpc) is 2.59. The van der Waals surface area contributed by atoms with Crippen molar-refractivity contribution in [3.63, 3.8) is 0 Å². The molecular weight excluding hydrogens is 320 g/mol. The van der Waals surface area contributed by atoms with E-state index in [0.717, 1.165) is 22.4 Å². The van der Waals surface area contributed by atoms with Gasteiger partial charge in [0.1, 0.15) is 11.3 Å². The summed E-state index contributed by atoms with van der Waals surface area (Å²) in [6.07, 6.45) is 0. The van der Waals surface area contributed by atoms with Crippen molar-refractivity contribution >= 4 is 28.3 Å². The Balaban J connectivity index is 1.87. The maximum atomic E-state index is 11.8. The molecule has 0 fully saturated rings. The van der Waals surface area contributed by atoms with Crippen molar-refractivity contribution in [2.75, 3.05) is 17.7 Å². The number of hydrogen-bond donors (Lipinski definition) is 2. The van der Waals surface area contributed by atoms with Crippen LogP contribution in [0.3, 0.4) is 0 Å².